The van der Waals surface area contributed by atoms with E-state index in [2.05, 4.69) is 5.32 Å². The summed E-state index contributed by atoms with van der Waals surface area (Å²) in [6, 6.07) is 5.83. The number of hydrogen-bond donors (Lipinski definition) is 3. The summed E-state index contributed by atoms with van der Waals surface area (Å²) in [6.45, 7) is 4.26. The van der Waals surface area contributed by atoms with Crippen LogP contribution in [0.15, 0.2) is 18.2 Å². The highest BCUT2D eigenvalue weighted by atomic mass is 16.5. The van der Waals surface area contributed by atoms with Crippen molar-refractivity contribution in [2.75, 3.05) is 34.0 Å². The Kier molecular flexibility index (Phi) is 6.26. The van der Waals surface area contributed by atoms with Gasteiger partial charge in [-0.05, 0) is 24.6 Å². The van der Waals surface area contributed by atoms with Gasteiger partial charge in [-0.25, -0.2) is 0 Å². The van der Waals surface area contributed by atoms with E-state index in [0.717, 1.165) is 5.56 Å². The van der Waals surface area contributed by atoms with Crippen molar-refractivity contribution in [3.8, 4) is 11.5 Å². The van der Waals surface area contributed by atoms with E-state index in [1.54, 1.807) is 14.2 Å². The number of aliphatic hydroxyl groups is 2. The first kappa shape index (κ1) is 16.8. The molecule has 0 saturated heterocycles. The molecule has 0 heterocycles. The maximum Gasteiger partial charge on any atom is 0.161 e. The maximum absolute atomic E-state index is 9.28. The second kappa shape index (κ2) is 7.47. The third-order valence-electron chi connectivity index (χ3n) is 3.51. The lowest BCUT2D eigenvalue weighted by Crippen LogP contribution is -2.38. The SMILES string of the molecule is COc1ccc(C(C)NCC(C)(CO)CO)cc1OC. The van der Waals surface area contributed by atoms with Crippen molar-refractivity contribution >= 4 is 0 Å². The van der Waals surface area contributed by atoms with Gasteiger partial charge in [-0.15, -0.1) is 0 Å². The van der Waals surface area contributed by atoms with E-state index >= 15 is 0 Å². The molecule has 0 saturated carbocycles. The summed E-state index contributed by atoms with van der Waals surface area (Å²) in [5.41, 5.74) is 0.533. The second-order valence-electron chi connectivity index (χ2n) is 5.34. The normalized spacial score (nSPS) is 13.1. The molecule has 1 aromatic carbocycles. The van der Waals surface area contributed by atoms with Crippen LogP contribution in [0.25, 0.3) is 0 Å². The molecule has 1 aromatic rings. The van der Waals surface area contributed by atoms with Gasteiger partial charge in [0.25, 0.3) is 0 Å². The van der Waals surface area contributed by atoms with Crippen LogP contribution in [0.3, 0.4) is 0 Å². The first-order valence-corrected chi connectivity index (χ1v) is 6.66. The zero-order valence-corrected chi connectivity index (χ0v) is 12.6. The lowest BCUT2D eigenvalue weighted by molar-refractivity contribution is 0.0677. The highest BCUT2D eigenvalue weighted by Gasteiger charge is 2.23. The standard InChI is InChI=1S/C15H25NO4/c1-11(16-8-15(2,9-17)10-18)12-5-6-13(19-3)14(7-12)20-4/h5-7,11,16-18H,8-10H2,1-4H3. The Bertz CT molecular complexity index is 418. The number of hydrogen-bond acceptors (Lipinski definition) is 5. The van der Waals surface area contributed by atoms with E-state index < -0.39 is 5.41 Å². The molecule has 0 aliphatic rings. The third kappa shape index (κ3) is 4.10. The fourth-order valence-corrected chi connectivity index (χ4v) is 1.80. The predicted molar refractivity (Wildman–Crippen MR) is 78.2 cm³/mol. The fraction of sp³-hybridized carbons (Fsp3) is 0.600. The van der Waals surface area contributed by atoms with Gasteiger partial charge in [0, 0.05) is 18.0 Å². The first-order chi connectivity index (χ1) is 9.49. The summed E-state index contributed by atoms with van der Waals surface area (Å²) >= 11 is 0. The molecule has 3 N–H and O–H groups in total. The molecule has 114 valence electrons. The quantitative estimate of drug-likeness (QED) is 0.672. The lowest BCUT2D eigenvalue weighted by atomic mass is 9.92. The summed E-state index contributed by atoms with van der Waals surface area (Å²) in [5.74, 6) is 1.38. The van der Waals surface area contributed by atoms with Gasteiger partial charge in [0.05, 0.1) is 27.4 Å². The van der Waals surface area contributed by atoms with Crippen LogP contribution in [0.4, 0.5) is 0 Å². The molecule has 0 amide bonds. The summed E-state index contributed by atoms with van der Waals surface area (Å²) in [5, 5.41) is 21.9. The lowest BCUT2D eigenvalue weighted by Gasteiger charge is -2.27. The van der Waals surface area contributed by atoms with Gasteiger partial charge in [0.1, 0.15) is 0 Å². The number of aliphatic hydroxyl groups excluding tert-OH is 2. The van der Waals surface area contributed by atoms with E-state index in [1.165, 1.54) is 0 Å². The Morgan fingerprint density at radius 3 is 2.25 bits per heavy atom. The summed E-state index contributed by atoms with van der Waals surface area (Å²) in [6.07, 6.45) is 0. The van der Waals surface area contributed by atoms with Gasteiger partial charge >= 0.3 is 0 Å². The Labute approximate surface area is 120 Å². The largest absolute Gasteiger partial charge is 0.493 e. The first-order valence-electron chi connectivity index (χ1n) is 6.66. The van der Waals surface area contributed by atoms with Crippen molar-refractivity contribution in [2.24, 2.45) is 5.41 Å². The van der Waals surface area contributed by atoms with Crippen molar-refractivity contribution in [1.82, 2.24) is 5.32 Å². The monoisotopic (exact) mass is 283 g/mol. The van der Waals surface area contributed by atoms with Crippen LogP contribution in [0.1, 0.15) is 25.5 Å². The highest BCUT2D eigenvalue weighted by molar-refractivity contribution is 5.43. The number of benzene rings is 1. The molecule has 20 heavy (non-hydrogen) atoms. The van der Waals surface area contributed by atoms with Gasteiger partial charge in [-0.2, -0.15) is 0 Å². The molecule has 1 unspecified atom stereocenters. The van der Waals surface area contributed by atoms with Crippen LogP contribution in [0.2, 0.25) is 0 Å². The van der Waals surface area contributed by atoms with Gasteiger partial charge in [-0.1, -0.05) is 13.0 Å². The molecule has 0 aliphatic carbocycles. The molecule has 1 rings (SSSR count). The topological polar surface area (TPSA) is 71.0 Å². The zero-order valence-electron chi connectivity index (χ0n) is 12.6. The van der Waals surface area contributed by atoms with E-state index in [1.807, 2.05) is 32.0 Å². The minimum Gasteiger partial charge on any atom is -0.493 e. The van der Waals surface area contributed by atoms with Crippen LogP contribution in [0, 0.1) is 5.41 Å². The Morgan fingerprint density at radius 2 is 1.75 bits per heavy atom. The molecular formula is C15H25NO4. The fourth-order valence-electron chi connectivity index (χ4n) is 1.80. The van der Waals surface area contributed by atoms with Crippen molar-refractivity contribution in [1.29, 1.82) is 0 Å². The van der Waals surface area contributed by atoms with E-state index in [-0.39, 0.29) is 19.3 Å². The van der Waals surface area contributed by atoms with Crippen molar-refractivity contribution < 1.29 is 19.7 Å². The highest BCUT2D eigenvalue weighted by Crippen LogP contribution is 2.30. The smallest absolute Gasteiger partial charge is 0.161 e. The molecule has 1 atom stereocenters. The van der Waals surface area contributed by atoms with Crippen molar-refractivity contribution in [3.63, 3.8) is 0 Å². The average molecular weight is 283 g/mol. The van der Waals surface area contributed by atoms with E-state index in [4.69, 9.17) is 9.47 Å². The molecule has 0 aliphatic heterocycles. The molecule has 0 spiro atoms. The van der Waals surface area contributed by atoms with Gasteiger partial charge < -0.3 is 25.0 Å². The predicted octanol–water partition coefficient (Wildman–Crippen LogP) is 1.35. The minimum atomic E-state index is -0.523. The zero-order chi connectivity index (χ0) is 15.2. The van der Waals surface area contributed by atoms with Gasteiger partial charge in [0.2, 0.25) is 0 Å². The van der Waals surface area contributed by atoms with Crippen LogP contribution < -0.4 is 14.8 Å². The minimum absolute atomic E-state index is 0.0604. The number of methoxy groups -OCH3 is 2. The Morgan fingerprint density at radius 1 is 1.15 bits per heavy atom. The molecular weight excluding hydrogens is 258 g/mol. The van der Waals surface area contributed by atoms with Crippen molar-refractivity contribution in [3.05, 3.63) is 23.8 Å². The molecule has 0 aromatic heterocycles. The summed E-state index contributed by atoms with van der Waals surface area (Å²) < 4.78 is 10.5. The average Bonchev–Trinajstić information content (AvgIpc) is 2.51. The molecule has 0 radical (unpaired) electrons. The van der Waals surface area contributed by atoms with Gasteiger partial charge in [0.15, 0.2) is 11.5 Å². The van der Waals surface area contributed by atoms with Crippen LogP contribution in [-0.4, -0.2) is 44.2 Å². The van der Waals surface area contributed by atoms with Crippen molar-refractivity contribution in [2.45, 2.75) is 19.9 Å². The molecule has 0 bridgehead atoms. The summed E-state index contributed by atoms with van der Waals surface area (Å²) in [7, 11) is 3.21. The van der Waals surface area contributed by atoms with E-state index in [9.17, 15) is 10.2 Å². The van der Waals surface area contributed by atoms with E-state index in [0.29, 0.717) is 18.0 Å². The van der Waals surface area contributed by atoms with Gasteiger partial charge in [-0.3, -0.25) is 0 Å². The van der Waals surface area contributed by atoms with Crippen LogP contribution in [-0.2, 0) is 0 Å². The molecule has 0 fully saturated rings. The van der Waals surface area contributed by atoms with Crippen LogP contribution >= 0.6 is 0 Å². The Balaban J connectivity index is 2.75. The maximum atomic E-state index is 9.28. The summed E-state index contributed by atoms with van der Waals surface area (Å²) in [4.78, 5) is 0. The van der Waals surface area contributed by atoms with Crippen LogP contribution in [0.5, 0.6) is 11.5 Å². The number of ether oxygens (including phenoxy) is 2. The second-order valence-corrected chi connectivity index (χ2v) is 5.34. The number of rotatable bonds is 8. The molecule has 5 heteroatoms. The number of nitrogens with one attached hydrogen (secondary N) is 1. The third-order valence-corrected chi connectivity index (χ3v) is 3.51. The molecule has 5 nitrogen and oxygen atoms in total. The Hall–Kier alpha value is -1.30.